The number of carboxylic acids is 1. The second-order valence-electron chi connectivity index (χ2n) is 9.11. The van der Waals surface area contributed by atoms with Crippen LogP contribution in [0.4, 0.5) is 5.69 Å². The molecule has 7 nitrogen and oxygen atoms in total. The molecule has 0 fully saturated rings. The van der Waals surface area contributed by atoms with Gasteiger partial charge < -0.3 is 14.4 Å². The molecule has 0 spiro atoms. The van der Waals surface area contributed by atoms with Crippen LogP contribution in [0.2, 0.25) is 0 Å². The van der Waals surface area contributed by atoms with Crippen LogP contribution in [0.1, 0.15) is 28.5 Å². The number of carboxylic acid groups (broad SMARTS) is 1. The van der Waals surface area contributed by atoms with Gasteiger partial charge in [-0.1, -0.05) is 48.5 Å². The molecule has 1 aromatic heterocycles. The topological polar surface area (TPSA) is 91.1 Å². The van der Waals surface area contributed by atoms with Gasteiger partial charge in [0.25, 0.3) is 0 Å². The van der Waals surface area contributed by atoms with Gasteiger partial charge in [0.05, 0.1) is 11.2 Å². The fraction of sp³-hybridized carbons (Fsp3) is 0.179. The summed E-state index contributed by atoms with van der Waals surface area (Å²) in [4.78, 5) is 14.3. The first-order valence-corrected chi connectivity index (χ1v) is 13.2. The highest BCUT2D eigenvalue weighted by molar-refractivity contribution is 7.89. The molecular weight excluding hydrogens is 476 g/mol. The van der Waals surface area contributed by atoms with Crippen molar-refractivity contribution in [2.24, 2.45) is 0 Å². The molecule has 2 aliphatic heterocycles. The summed E-state index contributed by atoms with van der Waals surface area (Å²) in [6.45, 7) is 1.85. The smallest absolute Gasteiger partial charge is 0.329 e. The standard InChI is InChI=1S/C28H24N2O5S/c31-28(32)26-27-21(14-16-35-27)13-15-30(26)36(33,34)25-11-7-20(8-12-25)19-5-9-24(10-6-19)29-17-22-3-1-2-4-23(22)18-29/h1-12,14,16,26H,13,15,17-18H2,(H,31,32). The minimum Gasteiger partial charge on any atom is -0.480 e. The lowest BCUT2D eigenvalue weighted by atomic mass is 10.0. The SMILES string of the molecule is O=C(O)C1c2occc2CCN1S(=O)(=O)c1ccc(-c2ccc(N3Cc4ccccc4C3)cc2)cc1. The first-order chi connectivity index (χ1) is 17.4. The van der Waals surface area contributed by atoms with Crippen LogP contribution in [-0.2, 0) is 34.3 Å². The molecule has 4 aromatic rings. The monoisotopic (exact) mass is 500 g/mol. The third-order valence-electron chi connectivity index (χ3n) is 7.02. The summed E-state index contributed by atoms with van der Waals surface area (Å²) in [7, 11) is -4.03. The second kappa shape index (κ2) is 8.65. The van der Waals surface area contributed by atoms with E-state index in [0.29, 0.717) is 6.42 Å². The molecular formula is C28H24N2O5S. The molecule has 0 saturated carbocycles. The molecule has 1 unspecified atom stereocenters. The molecule has 1 N–H and O–H groups in total. The van der Waals surface area contributed by atoms with Gasteiger partial charge in [0, 0.05) is 25.3 Å². The predicted molar refractivity (Wildman–Crippen MR) is 135 cm³/mol. The van der Waals surface area contributed by atoms with Crippen LogP contribution in [0.3, 0.4) is 0 Å². The molecule has 0 aliphatic carbocycles. The molecule has 36 heavy (non-hydrogen) atoms. The summed E-state index contributed by atoms with van der Waals surface area (Å²) in [6, 6.07) is 23.6. The number of hydrogen-bond acceptors (Lipinski definition) is 5. The molecule has 3 aromatic carbocycles. The summed E-state index contributed by atoms with van der Waals surface area (Å²) in [5, 5.41) is 9.76. The van der Waals surface area contributed by atoms with Crippen LogP contribution in [-0.4, -0.2) is 30.3 Å². The maximum Gasteiger partial charge on any atom is 0.329 e. The maximum absolute atomic E-state index is 13.4. The molecule has 6 rings (SSSR count). The Morgan fingerprint density at radius 1 is 0.833 bits per heavy atom. The van der Waals surface area contributed by atoms with Crippen molar-refractivity contribution < 1.29 is 22.7 Å². The van der Waals surface area contributed by atoms with E-state index < -0.39 is 22.0 Å². The lowest BCUT2D eigenvalue weighted by molar-refractivity contribution is -0.142. The third-order valence-corrected chi connectivity index (χ3v) is 8.90. The Hall–Kier alpha value is -3.88. The third kappa shape index (κ3) is 3.79. The number of anilines is 1. The second-order valence-corrected chi connectivity index (χ2v) is 11.0. The summed E-state index contributed by atoms with van der Waals surface area (Å²) in [5.41, 5.74) is 6.41. The molecule has 0 amide bonds. The highest BCUT2D eigenvalue weighted by Crippen LogP contribution is 2.36. The number of rotatable bonds is 5. The number of furan rings is 1. The highest BCUT2D eigenvalue weighted by Gasteiger charge is 2.42. The van der Waals surface area contributed by atoms with E-state index in [1.807, 2.05) is 12.1 Å². The lowest BCUT2D eigenvalue weighted by Crippen LogP contribution is -2.43. The van der Waals surface area contributed by atoms with Gasteiger partial charge in [0.1, 0.15) is 5.76 Å². The lowest BCUT2D eigenvalue weighted by Gasteiger charge is -2.31. The molecule has 182 valence electrons. The average molecular weight is 501 g/mol. The normalized spacial score (nSPS) is 17.6. The van der Waals surface area contributed by atoms with E-state index in [9.17, 15) is 18.3 Å². The van der Waals surface area contributed by atoms with Gasteiger partial charge in [-0.05, 0) is 64.6 Å². The van der Waals surface area contributed by atoms with E-state index in [2.05, 4.69) is 41.3 Å². The number of sulfonamides is 1. The van der Waals surface area contributed by atoms with E-state index in [4.69, 9.17) is 4.42 Å². The van der Waals surface area contributed by atoms with Crippen molar-refractivity contribution in [3.8, 4) is 11.1 Å². The maximum atomic E-state index is 13.4. The Kier molecular flexibility index (Phi) is 5.43. The van der Waals surface area contributed by atoms with E-state index >= 15 is 0 Å². The van der Waals surface area contributed by atoms with Crippen molar-refractivity contribution in [2.45, 2.75) is 30.4 Å². The van der Waals surface area contributed by atoms with Gasteiger partial charge in [0.15, 0.2) is 6.04 Å². The Morgan fingerprint density at radius 3 is 2.06 bits per heavy atom. The number of carbonyl (C=O) groups is 1. The van der Waals surface area contributed by atoms with Crippen molar-refractivity contribution in [2.75, 3.05) is 11.4 Å². The summed E-state index contributed by atoms with van der Waals surface area (Å²) in [6.07, 6.45) is 1.81. The van der Waals surface area contributed by atoms with E-state index in [-0.39, 0.29) is 17.2 Å². The van der Waals surface area contributed by atoms with Crippen LogP contribution in [0.5, 0.6) is 0 Å². The number of fused-ring (bicyclic) bond motifs is 2. The van der Waals surface area contributed by atoms with Crippen LogP contribution >= 0.6 is 0 Å². The van der Waals surface area contributed by atoms with Crippen LogP contribution < -0.4 is 4.90 Å². The van der Waals surface area contributed by atoms with Gasteiger partial charge in [-0.25, -0.2) is 13.2 Å². The fourth-order valence-corrected chi connectivity index (χ4v) is 6.66. The fourth-order valence-electron chi connectivity index (χ4n) is 5.11. The van der Waals surface area contributed by atoms with Gasteiger partial charge in [0.2, 0.25) is 10.0 Å². The average Bonchev–Trinajstić information content (AvgIpc) is 3.55. The minimum atomic E-state index is -4.03. The molecule has 0 radical (unpaired) electrons. The van der Waals surface area contributed by atoms with Gasteiger partial charge >= 0.3 is 5.97 Å². The molecule has 0 saturated heterocycles. The van der Waals surface area contributed by atoms with Crippen molar-refractivity contribution in [3.63, 3.8) is 0 Å². The van der Waals surface area contributed by atoms with Crippen molar-refractivity contribution in [3.05, 3.63) is 108 Å². The quantitative estimate of drug-likeness (QED) is 0.422. The van der Waals surface area contributed by atoms with Crippen molar-refractivity contribution >= 4 is 21.7 Å². The zero-order valence-electron chi connectivity index (χ0n) is 19.4. The van der Waals surface area contributed by atoms with Crippen LogP contribution in [0.25, 0.3) is 11.1 Å². The number of benzene rings is 3. The Labute approximate surface area is 209 Å². The summed E-state index contributed by atoms with van der Waals surface area (Å²) < 4.78 is 33.1. The Bertz CT molecular complexity index is 1520. The zero-order valence-corrected chi connectivity index (χ0v) is 20.2. The first-order valence-electron chi connectivity index (χ1n) is 11.7. The molecule has 0 bridgehead atoms. The van der Waals surface area contributed by atoms with E-state index in [1.54, 1.807) is 18.2 Å². The van der Waals surface area contributed by atoms with Crippen molar-refractivity contribution in [1.82, 2.24) is 4.31 Å². The van der Waals surface area contributed by atoms with E-state index in [0.717, 1.165) is 39.8 Å². The van der Waals surface area contributed by atoms with Crippen LogP contribution in [0, 0.1) is 0 Å². The van der Waals surface area contributed by atoms with Gasteiger partial charge in [-0.3, -0.25) is 0 Å². The number of nitrogens with zero attached hydrogens (tertiary/aromatic N) is 2. The number of hydrogen-bond donors (Lipinski definition) is 1. The zero-order chi connectivity index (χ0) is 24.9. The first kappa shape index (κ1) is 22.6. The molecule has 3 heterocycles. The number of aliphatic carboxylic acids is 1. The van der Waals surface area contributed by atoms with Crippen molar-refractivity contribution in [1.29, 1.82) is 0 Å². The van der Waals surface area contributed by atoms with Crippen LogP contribution in [0.15, 0.2) is 94.4 Å². The largest absolute Gasteiger partial charge is 0.480 e. The highest BCUT2D eigenvalue weighted by atomic mass is 32.2. The Morgan fingerprint density at radius 2 is 1.44 bits per heavy atom. The summed E-state index contributed by atoms with van der Waals surface area (Å²) >= 11 is 0. The Balaban J connectivity index is 1.22. The summed E-state index contributed by atoms with van der Waals surface area (Å²) in [5.74, 6) is -1.08. The van der Waals surface area contributed by atoms with Gasteiger partial charge in [-0.2, -0.15) is 4.31 Å². The minimum absolute atomic E-state index is 0.0546. The molecule has 8 heteroatoms. The molecule has 1 atom stereocenters. The van der Waals surface area contributed by atoms with E-state index in [1.165, 1.54) is 29.5 Å². The van der Waals surface area contributed by atoms with Gasteiger partial charge in [-0.15, -0.1) is 0 Å². The predicted octanol–water partition coefficient (Wildman–Crippen LogP) is 4.84. The molecule has 2 aliphatic rings.